The molecule has 0 aromatic heterocycles. The topological polar surface area (TPSA) is 75.6 Å². The van der Waals surface area contributed by atoms with E-state index in [2.05, 4.69) is 5.32 Å². The van der Waals surface area contributed by atoms with Crippen LogP contribution in [0.25, 0.3) is 0 Å². The standard InChI is InChI=1S/C15H21NO4/c1-11(2)20-10-6-9-13(17)16-14(15(18)19)12-7-4-3-5-8-12/h3-5,7-8,11,14H,6,9-10H2,1-2H3,(H,16,17)(H,18,19)/t14-/m0/s1. The number of amides is 1. The Morgan fingerprint density at radius 2 is 1.90 bits per heavy atom. The van der Waals surface area contributed by atoms with E-state index in [4.69, 9.17) is 4.74 Å². The Labute approximate surface area is 118 Å². The van der Waals surface area contributed by atoms with Gasteiger partial charge in [-0.1, -0.05) is 30.3 Å². The van der Waals surface area contributed by atoms with E-state index in [1.807, 2.05) is 13.8 Å². The molecular weight excluding hydrogens is 258 g/mol. The molecule has 0 aliphatic rings. The van der Waals surface area contributed by atoms with Gasteiger partial charge in [0.15, 0.2) is 6.04 Å². The molecule has 5 nitrogen and oxygen atoms in total. The molecule has 1 aromatic carbocycles. The Kier molecular flexibility index (Phi) is 6.73. The first-order valence-corrected chi connectivity index (χ1v) is 6.69. The lowest BCUT2D eigenvalue weighted by Gasteiger charge is -2.15. The van der Waals surface area contributed by atoms with Gasteiger partial charge >= 0.3 is 5.97 Å². The summed E-state index contributed by atoms with van der Waals surface area (Å²) in [5, 5.41) is 11.7. The average Bonchev–Trinajstić information content (AvgIpc) is 2.41. The van der Waals surface area contributed by atoms with Crippen LogP contribution in [0.5, 0.6) is 0 Å². The second-order valence-corrected chi connectivity index (χ2v) is 4.77. The third-order valence-electron chi connectivity index (χ3n) is 2.68. The van der Waals surface area contributed by atoms with Gasteiger partial charge in [-0.2, -0.15) is 0 Å². The molecule has 0 aliphatic heterocycles. The number of hydrogen-bond donors (Lipinski definition) is 2. The molecule has 0 bridgehead atoms. The van der Waals surface area contributed by atoms with Crippen molar-refractivity contribution < 1.29 is 19.4 Å². The molecule has 0 fully saturated rings. The maximum atomic E-state index is 11.7. The summed E-state index contributed by atoms with van der Waals surface area (Å²) >= 11 is 0. The Morgan fingerprint density at radius 1 is 1.25 bits per heavy atom. The fourth-order valence-electron chi connectivity index (χ4n) is 1.72. The number of aliphatic carboxylic acids is 1. The van der Waals surface area contributed by atoms with Crippen LogP contribution in [0.2, 0.25) is 0 Å². The summed E-state index contributed by atoms with van der Waals surface area (Å²) in [6.45, 7) is 4.35. The molecule has 0 aliphatic carbocycles. The van der Waals surface area contributed by atoms with Gasteiger partial charge in [-0.15, -0.1) is 0 Å². The van der Waals surface area contributed by atoms with Crippen molar-refractivity contribution in [2.24, 2.45) is 0 Å². The summed E-state index contributed by atoms with van der Waals surface area (Å²) in [7, 11) is 0. The Hall–Kier alpha value is -1.88. The molecule has 20 heavy (non-hydrogen) atoms. The minimum atomic E-state index is -1.07. The van der Waals surface area contributed by atoms with E-state index in [0.717, 1.165) is 0 Å². The van der Waals surface area contributed by atoms with Crippen LogP contribution in [0, 0.1) is 0 Å². The number of rotatable bonds is 8. The highest BCUT2D eigenvalue weighted by molar-refractivity contribution is 5.84. The smallest absolute Gasteiger partial charge is 0.330 e. The molecule has 1 atom stereocenters. The first kappa shape index (κ1) is 16.2. The molecule has 110 valence electrons. The number of benzene rings is 1. The van der Waals surface area contributed by atoms with Gasteiger partial charge in [-0.25, -0.2) is 4.79 Å². The number of carbonyl (C=O) groups is 2. The predicted octanol–water partition coefficient (Wildman–Crippen LogP) is 2.13. The van der Waals surface area contributed by atoms with Crippen LogP contribution < -0.4 is 5.32 Å². The highest BCUT2D eigenvalue weighted by Crippen LogP contribution is 2.13. The highest BCUT2D eigenvalue weighted by atomic mass is 16.5. The van der Waals surface area contributed by atoms with Crippen LogP contribution in [0.4, 0.5) is 0 Å². The van der Waals surface area contributed by atoms with Gasteiger partial charge < -0.3 is 15.2 Å². The molecule has 5 heteroatoms. The second kappa shape index (κ2) is 8.32. The Balaban J connectivity index is 2.46. The van der Waals surface area contributed by atoms with E-state index < -0.39 is 12.0 Å². The van der Waals surface area contributed by atoms with Gasteiger partial charge in [0.1, 0.15) is 0 Å². The monoisotopic (exact) mass is 279 g/mol. The van der Waals surface area contributed by atoms with Crippen LogP contribution >= 0.6 is 0 Å². The summed E-state index contributed by atoms with van der Waals surface area (Å²) in [6, 6.07) is 7.65. The molecular formula is C15H21NO4. The maximum absolute atomic E-state index is 11.7. The normalized spacial score (nSPS) is 12.2. The van der Waals surface area contributed by atoms with E-state index >= 15 is 0 Å². The summed E-state index contributed by atoms with van der Waals surface area (Å²) in [4.78, 5) is 23.0. The molecule has 0 spiro atoms. The SMILES string of the molecule is CC(C)OCCCC(=O)N[C@H](C(=O)O)c1ccccc1. The molecule has 0 unspecified atom stereocenters. The van der Waals surface area contributed by atoms with Crippen LogP contribution in [-0.2, 0) is 14.3 Å². The molecule has 0 saturated heterocycles. The molecule has 1 rings (SSSR count). The lowest BCUT2D eigenvalue weighted by atomic mass is 10.1. The van der Waals surface area contributed by atoms with Crippen LogP contribution in [0.1, 0.15) is 38.3 Å². The zero-order valence-corrected chi connectivity index (χ0v) is 11.8. The van der Waals surface area contributed by atoms with Crippen molar-refractivity contribution in [3.05, 3.63) is 35.9 Å². The van der Waals surface area contributed by atoms with Gasteiger partial charge in [0.05, 0.1) is 6.10 Å². The van der Waals surface area contributed by atoms with E-state index in [0.29, 0.717) is 18.6 Å². The average molecular weight is 279 g/mol. The van der Waals surface area contributed by atoms with Crippen molar-refractivity contribution in [2.75, 3.05) is 6.61 Å². The maximum Gasteiger partial charge on any atom is 0.330 e. The first-order chi connectivity index (χ1) is 9.50. The summed E-state index contributed by atoms with van der Waals surface area (Å²) in [5.74, 6) is -1.35. The van der Waals surface area contributed by atoms with E-state index in [1.54, 1.807) is 30.3 Å². The van der Waals surface area contributed by atoms with Gasteiger partial charge in [-0.3, -0.25) is 4.79 Å². The van der Waals surface area contributed by atoms with E-state index in [-0.39, 0.29) is 18.4 Å². The zero-order chi connectivity index (χ0) is 15.0. The summed E-state index contributed by atoms with van der Waals surface area (Å²) < 4.78 is 5.33. The van der Waals surface area contributed by atoms with Gasteiger partial charge in [0, 0.05) is 13.0 Å². The quantitative estimate of drug-likeness (QED) is 0.715. The van der Waals surface area contributed by atoms with Gasteiger partial charge in [-0.05, 0) is 25.8 Å². The van der Waals surface area contributed by atoms with Gasteiger partial charge in [0.2, 0.25) is 5.91 Å². The largest absolute Gasteiger partial charge is 0.479 e. The fourth-order valence-corrected chi connectivity index (χ4v) is 1.72. The first-order valence-electron chi connectivity index (χ1n) is 6.69. The zero-order valence-electron chi connectivity index (χ0n) is 11.8. The molecule has 0 radical (unpaired) electrons. The molecule has 0 saturated carbocycles. The third-order valence-corrected chi connectivity index (χ3v) is 2.68. The van der Waals surface area contributed by atoms with Crippen molar-refractivity contribution in [3.8, 4) is 0 Å². The minimum Gasteiger partial charge on any atom is -0.479 e. The molecule has 1 amide bonds. The van der Waals surface area contributed by atoms with Crippen molar-refractivity contribution in [1.82, 2.24) is 5.32 Å². The number of hydrogen-bond acceptors (Lipinski definition) is 3. The third kappa shape index (κ3) is 5.84. The van der Waals surface area contributed by atoms with Crippen molar-refractivity contribution in [1.29, 1.82) is 0 Å². The van der Waals surface area contributed by atoms with Crippen molar-refractivity contribution in [2.45, 2.75) is 38.8 Å². The summed E-state index contributed by atoms with van der Waals surface area (Å²) in [5.41, 5.74) is 0.562. The number of nitrogens with one attached hydrogen (secondary N) is 1. The fraction of sp³-hybridized carbons (Fsp3) is 0.467. The van der Waals surface area contributed by atoms with Gasteiger partial charge in [0.25, 0.3) is 0 Å². The number of carboxylic acids is 1. The number of carbonyl (C=O) groups excluding carboxylic acids is 1. The number of carboxylic acid groups (broad SMARTS) is 1. The van der Waals surface area contributed by atoms with Crippen LogP contribution in [-0.4, -0.2) is 29.7 Å². The van der Waals surface area contributed by atoms with Crippen molar-refractivity contribution in [3.63, 3.8) is 0 Å². The molecule has 0 heterocycles. The van der Waals surface area contributed by atoms with Crippen LogP contribution in [0.15, 0.2) is 30.3 Å². The van der Waals surface area contributed by atoms with Crippen LogP contribution in [0.3, 0.4) is 0 Å². The summed E-state index contributed by atoms with van der Waals surface area (Å²) in [6.07, 6.45) is 0.961. The predicted molar refractivity (Wildman–Crippen MR) is 75.3 cm³/mol. The Bertz CT molecular complexity index is 431. The number of ether oxygens (including phenoxy) is 1. The minimum absolute atomic E-state index is 0.133. The highest BCUT2D eigenvalue weighted by Gasteiger charge is 2.21. The molecule has 1 aromatic rings. The van der Waals surface area contributed by atoms with E-state index in [9.17, 15) is 14.7 Å². The van der Waals surface area contributed by atoms with Crippen molar-refractivity contribution >= 4 is 11.9 Å². The lowest BCUT2D eigenvalue weighted by molar-refractivity contribution is -0.142. The van der Waals surface area contributed by atoms with E-state index in [1.165, 1.54) is 0 Å². The second-order valence-electron chi connectivity index (χ2n) is 4.77. The molecule has 2 N–H and O–H groups in total. The lowest BCUT2D eigenvalue weighted by Crippen LogP contribution is -2.33. The Morgan fingerprint density at radius 3 is 2.45 bits per heavy atom.